The van der Waals surface area contributed by atoms with Gasteiger partial charge < -0.3 is 5.11 Å². The van der Waals surface area contributed by atoms with Gasteiger partial charge in [-0.05, 0) is 43.2 Å². The molecule has 0 radical (unpaired) electrons. The Balaban J connectivity index is 1.87. The molecule has 3 rings (SSSR count). The fourth-order valence-corrected chi connectivity index (χ4v) is 4.27. The molecule has 0 aliphatic heterocycles. The van der Waals surface area contributed by atoms with Crippen LogP contribution >= 0.6 is 11.3 Å². The lowest BCUT2D eigenvalue weighted by molar-refractivity contribution is -0.152. The Hall–Kier alpha value is -1.42. The number of carbonyl (C=O) groups is 1. The number of hydrogen-bond acceptors (Lipinski definition) is 3. The monoisotopic (exact) mass is 303 g/mol. The molecule has 1 heterocycles. The lowest BCUT2D eigenvalue weighted by Crippen LogP contribution is -2.39. The van der Waals surface area contributed by atoms with Crippen LogP contribution in [-0.2, 0) is 11.2 Å². The van der Waals surface area contributed by atoms with E-state index in [1.54, 1.807) is 11.3 Å². The summed E-state index contributed by atoms with van der Waals surface area (Å²) in [6.07, 6.45) is 4.03. The van der Waals surface area contributed by atoms with Crippen molar-refractivity contribution in [1.29, 1.82) is 0 Å². The summed E-state index contributed by atoms with van der Waals surface area (Å²) in [5, 5.41) is 10.7. The first-order valence-electron chi connectivity index (χ1n) is 7.48. The molecule has 1 aromatic carbocycles. The average molecular weight is 303 g/mol. The second-order valence-electron chi connectivity index (χ2n) is 7.00. The molecule has 0 unspecified atom stereocenters. The van der Waals surface area contributed by atoms with Gasteiger partial charge in [0.25, 0.3) is 0 Å². The summed E-state index contributed by atoms with van der Waals surface area (Å²) in [4.78, 5) is 16.5. The summed E-state index contributed by atoms with van der Waals surface area (Å²) in [6, 6.07) is 8.02. The molecule has 1 aliphatic carbocycles. The number of carboxylic acid groups (broad SMARTS) is 1. The van der Waals surface area contributed by atoms with Crippen LogP contribution in [0.1, 0.15) is 44.5 Å². The first-order valence-corrected chi connectivity index (χ1v) is 8.30. The minimum atomic E-state index is -0.655. The van der Waals surface area contributed by atoms with E-state index in [-0.39, 0.29) is 5.41 Å². The molecule has 0 atom stereocenters. The van der Waals surface area contributed by atoms with Crippen molar-refractivity contribution in [2.45, 2.75) is 46.0 Å². The van der Waals surface area contributed by atoms with Crippen LogP contribution < -0.4 is 0 Å². The molecule has 0 bridgehead atoms. The van der Waals surface area contributed by atoms with E-state index in [2.05, 4.69) is 18.8 Å². The van der Waals surface area contributed by atoms with Crippen molar-refractivity contribution >= 4 is 27.5 Å². The summed E-state index contributed by atoms with van der Waals surface area (Å²) in [7, 11) is 0. The number of thiazole rings is 1. The summed E-state index contributed by atoms with van der Waals surface area (Å²) in [5.74, 6) is -0.655. The number of hydrogen-bond donors (Lipinski definition) is 1. The molecule has 112 valence electrons. The van der Waals surface area contributed by atoms with E-state index in [1.165, 1.54) is 0 Å². The molecule has 1 fully saturated rings. The number of carboxylic acids is 1. The normalized spacial score (nSPS) is 20.5. The van der Waals surface area contributed by atoms with Gasteiger partial charge >= 0.3 is 5.97 Å². The van der Waals surface area contributed by atoms with E-state index in [4.69, 9.17) is 0 Å². The minimum Gasteiger partial charge on any atom is -0.481 e. The Bertz CT molecular complexity index is 631. The van der Waals surface area contributed by atoms with Crippen LogP contribution in [0.3, 0.4) is 0 Å². The highest BCUT2D eigenvalue weighted by Crippen LogP contribution is 2.47. The van der Waals surface area contributed by atoms with E-state index in [0.29, 0.717) is 6.42 Å². The maximum atomic E-state index is 11.9. The van der Waals surface area contributed by atoms with Gasteiger partial charge in [-0.25, -0.2) is 4.98 Å². The Morgan fingerprint density at radius 3 is 2.52 bits per heavy atom. The lowest BCUT2D eigenvalue weighted by atomic mass is 9.64. The van der Waals surface area contributed by atoms with Crippen LogP contribution in [-0.4, -0.2) is 16.1 Å². The number of fused-ring (bicyclic) bond motifs is 1. The van der Waals surface area contributed by atoms with Gasteiger partial charge in [-0.3, -0.25) is 4.79 Å². The molecule has 4 heteroatoms. The second kappa shape index (κ2) is 5.09. The highest BCUT2D eigenvalue weighted by atomic mass is 32.1. The molecule has 0 amide bonds. The largest absolute Gasteiger partial charge is 0.481 e. The van der Waals surface area contributed by atoms with E-state index >= 15 is 0 Å². The highest BCUT2D eigenvalue weighted by Gasteiger charge is 2.44. The van der Waals surface area contributed by atoms with Gasteiger partial charge in [0.2, 0.25) is 0 Å². The second-order valence-corrected chi connectivity index (χ2v) is 8.12. The number of para-hydroxylation sites is 1. The van der Waals surface area contributed by atoms with Crippen molar-refractivity contribution in [3.63, 3.8) is 0 Å². The third-order valence-corrected chi connectivity index (χ3v) is 5.88. The average Bonchev–Trinajstić information content (AvgIpc) is 2.83. The smallest absolute Gasteiger partial charge is 0.310 e. The third-order valence-electron chi connectivity index (χ3n) is 4.84. The SMILES string of the molecule is CC1(C)CCC(Cc2nc3ccccc3s2)(C(=O)O)CC1. The molecule has 1 aromatic heterocycles. The zero-order valence-electron chi connectivity index (χ0n) is 12.6. The Morgan fingerprint density at radius 1 is 1.24 bits per heavy atom. The molecule has 0 spiro atoms. The van der Waals surface area contributed by atoms with E-state index < -0.39 is 11.4 Å². The third kappa shape index (κ3) is 2.82. The van der Waals surface area contributed by atoms with Crippen molar-refractivity contribution in [2.75, 3.05) is 0 Å². The molecule has 2 aromatic rings. The summed E-state index contributed by atoms with van der Waals surface area (Å²) < 4.78 is 1.14. The Kier molecular flexibility index (Phi) is 3.52. The van der Waals surface area contributed by atoms with Crippen molar-refractivity contribution in [3.05, 3.63) is 29.3 Å². The molecule has 1 aliphatic rings. The first kappa shape index (κ1) is 14.5. The van der Waals surface area contributed by atoms with E-state index in [9.17, 15) is 9.90 Å². The van der Waals surface area contributed by atoms with E-state index in [1.807, 2.05) is 24.3 Å². The van der Waals surface area contributed by atoms with Gasteiger partial charge in [-0.2, -0.15) is 0 Å². The van der Waals surface area contributed by atoms with Crippen LogP contribution in [0.4, 0.5) is 0 Å². The quantitative estimate of drug-likeness (QED) is 0.907. The van der Waals surface area contributed by atoms with Gasteiger partial charge in [0, 0.05) is 6.42 Å². The fourth-order valence-electron chi connectivity index (χ4n) is 3.16. The topological polar surface area (TPSA) is 50.2 Å². The van der Waals surface area contributed by atoms with Crippen LogP contribution in [0.5, 0.6) is 0 Å². The van der Waals surface area contributed by atoms with Crippen LogP contribution in [0.15, 0.2) is 24.3 Å². The van der Waals surface area contributed by atoms with Crippen molar-refractivity contribution in [1.82, 2.24) is 4.98 Å². The maximum absolute atomic E-state index is 11.9. The molecule has 1 saturated carbocycles. The molecule has 21 heavy (non-hydrogen) atoms. The van der Waals surface area contributed by atoms with Crippen molar-refractivity contribution in [3.8, 4) is 0 Å². The Labute approximate surface area is 129 Å². The van der Waals surface area contributed by atoms with Gasteiger partial charge in [0.15, 0.2) is 0 Å². The maximum Gasteiger partial charge on any atom is 0.310 e. The highest BCUT2D eigenvalue weighted by molar-refractivity contribution is 7.18. The van der Waals surface area contributed by atoms with Crippen LogP contribution in [0, 0.1) is 10.8 Å². The van der Waals surface area contributed by atoms with Gasteiger partial charge in [-0.1, -0.05) is 26.0 Å². The number of nitrogens with zero attached hydrogens (tertiary/aromatic N) is 1. The number of aliphatic carboxylic acids is 1. The molecule has 0 saturated heterocycles. The molecule has 1 N–H and O–H groups in total. The predicted molar refractivity (Wildman–Crippen MR) is 85.6 cm³/mol. The molecule has 3 nitrogen and oxygen atoms in total. The molecular formula is C17H21NO2S. The number of rotatable bonds is 3. The molecular weight excluding hydrogens is 282 g/mol. The van der Waals surface area contributed by atoms with E-state index in [0.717, 1.165) is 40.9 Å². The van der Waals surface area contributed by atoms with Crippen molar-refractivity contribution in [2.24, 2.45) is 10.8 Å². The minimum absolute atomic E-state index is 0.270. The summed E-state index contributed by atoms with van der Waals surface area (Å²) >= 11 is 1.63. The van der Waals surface area contributed by atoms with Gasteiger partial charge in [0.1, 0.15) is 0 Å². The van der Waals surface area contributed by atoms with Gasteiger partial charge in [0.05, 0.1) is 20.6 Å². The zero-order chi connectivity index (χ0) is 15.1. The zero-order valence-corrected chi connectivity index (χ0v) is 13.4. The van der Waals surface area contributed by atoms with Gasteiger partial charge in [-0.15, -0.1) is 11.3 Å². The lowest BCUT2D eigenvalue weighted by Gasteiger charge is -2.40. The fraction of sp³-hybridized carbons (Fsp3) is 0.529. The Morgan fingerprint density at radius 2 is 1.90 bits per heavy atom. The number of aromatic nitrogens is 1. The number of benzene rings is 1. The van der Waals surface area contributed by atoms with Crippen LogP contribution in [0.25, 0.3) is 10.2 Å². The standard InChI is InChI=1S/C17H21NO2S/c1-16(2)7-9-17(10-8-16,15(19)20)11-14-18-12-5-3-4-6-13(12)21-14/h3-6H,7-11H2,1-2H3,(H,19,20). The summed E-state index contributed by atoms with van der Waals surface area (Å²) in [6.45, 7) is 4.47. The van der Waals surface area contributed by atoms with Crippen LogP contribution in [0.2, 0.25) is 0 Å². The first-order chi connectivity index (χ1) is 9.90. The summed E-state index contributed by atoms with van der Waals surface area (Å²) in [5.41, 5.74) is 0.629. The van der Waals surface area contributed by atoms with Crippen molar-refractivity contribution < 1.29 is 9.90 Å². The predicted octanol–water partition coefficient (Wildman–Crippen LogP) is 4.51.